The van der Waals surface area contributed by atoms with E-state index in [1.54, 1.807) is 16.7 Å². The molecule has 1 N–H and O–H groups in total. The monoisotopic (exact) mass is 336 g/mol. The number of hydrogen-bond donors (Lipinski definition) is 1. The van der Waals surface area contributed by atoms with E-state index >= 15 is 0 Å². The van der Waals surface area contributed by atoms with Crippen molar-refractivity contribution in [3.63, 3.8) is 0 Å². The molecule has 3 unspecified atom stereocenters. The van der Waals surface area contributed by atoms with Gasteiger partial charge in [-0.1, -0.05) is 0 Å². The Morgan fingerprint density at radius 1 is 1.48 bits per heavy atom. The molecule has 2 aliphatic heterocycles. The molecule has 23 heavy (non-hydrogen) atoms. The third kappa shape index (κ3) is 2.55. The molecule has 2 aliphatic rings. The van der Waals surface area contributed by atoms with E-state index in [0.717, 1.165) is 23.4 Å². The first-order valence-corrected chi connectivity index (χ1v) is 9.00. The summed E-state index contributed by atoms with van der Waals surface area (Å²) < 4.78 is 1.83. The Bertz CT molecular complexity index is 671. The largest absolute Gasteiger partial charge is 0.348 e. The van der Waals surface area contributed by atoms with Crippen molar-refractivity contribution in [3.05, 3.63) is 17.0 Å². The Labute approximate surface area is 141 Å². The van der Waals surface area contributed by atoms with E-state index in [9.17, 15) is 9.59 Å². The van der Waals surface area contributed by atoms with Crippen LogP contribution in [0.4, 0.5) is 0 Å². The second-order valence-electron chi connectivity index (χ2n) is 6.70. The van der Waals surface area contributed by atoms with Crippen LogP contribution in [0.2, 0.25) is 0 Å². The Balaban J connectivity index is 1.76. The van der Waals surface area contributed by atoms with Crippen molar-refractivity contribution in [2.45, 2.75) is 57.5 Å². The van der Waals surface area contributed by atoms with E-state index in [0.29, 0.717) is 12.2 Å². The lowest BCUT2D eigenvalue weighted by molar-refractivity contribution is -0.138. The summed E-state index contributed by atoms with van der Waals surface area (Å²) in [4.78, 5) is 26.5. The van der Waals surface area contributed by atoms with Crippen molar-refractivity contribution in [2.75, 3.05) is 5.75 Å². The molecule has 0 radical (unpaired) electrons. The standard InChI is InChI=1S/C16H24N4O2S/c1-9(14-10(2)18-19(5)11(14)3)17-15(22)12-8-23-16(4)7-6-13(21)20(12)16/h9,12H,6-8H2,1-5H3,(H,17,22). The van der Waals surface area contributed by atoms with Crippen LogP contribution >= 0.6 is 11.8 Å². The molecule has 0 spiro atoms. The molecule has 7 heteroatoms. The van der Waals surface area contributed by atoms with Crippen molar-refractivity contribution >= 4 is 23.6 Å². The predicted molar refractivity (Wildman–Crippen MR) is 90.0 cm³/mol. The number of amides is 2. The minimum Gasteiger partial charge on any atom is -0.348 e. The number of nitrogens with one attached hydrogen (secondary N) is 1. The van der Waals surface area contributed by atoms with E-state index in [4.69, 9.17) is 0 Å². The van der Waals surface area contributed by atoms with Gasteiger partial charge in [-0.05, 0) is 34.1 Å². The molecular weight excluding hydrogens is 312 g/mol. The topological polar surface area (TPSA) is 67.2 Å². The summed E-state index contributed by atoms with van der Waals surface area (Å²) in [6, 6.07) is -0.481. The average Bonchev–Trinajstić information content (AvgIpc) is 3.04. The maximum Gasteiger partial charge on any atom is 0.244 e. The van der Waals surface area contributed by atoms with Gasteiger partial charge in [0.15, 0.2) is 0 Å². The SMILES string of the molecule is Cc1nn(C)c(C)c1C(C)NC(=O)C1CSC2(C)CCC(=O)N12. The lowest BCUT2D eigenvalue weighted by Crippen LogP contribution is -2.50. The lowest BCUT2D eigenvalue weighted by Gasteiger charge is -2.30. The fraction of sp³-hybridized carbons (Fsp3) is 0.688. The lowest BCUT2D eigenvalue weighted by atomic mass is 10.1. The second kappa shape index (κ2) is 5.54. The highest BCUT2D eigenvalue weighted by atomic mass is 32.2. The number of thioether (sulfide) groups is 1. The summed E-state index contributed by atoms with van der Waals surface area (Å²) in [6.45, 7) is 8.00. The van der Waals surface area contributed by atoms with Crippen molar-refractivity contribution in [3.8, 4) is 0 Å². The quantitative estimate of drug-likeness (QED) is 0.912. The number of hydrogen-bond acceptors (Lipinski definition) is 4. The maximum atomic E-state index is 12.7. The normalized spacial score (nSPS) is 28.1. The van der Waals surface area contributed by atoms with Crippen molar-refractivity contribution in [1.29, 1.82) is 0 Å². The highest BCUT2D eigenvalue weighted by Gasteiger charge is 2.53. The molecule has 0 aliphatic carbocycles. The molecule has 3 atom stereocenters. The summed E-state index contributed by atoms with van der Waals surface area (Å²) in [5, 5.41) is 7.49. The number of carbonyl (C=O) groups excluding carboxylic acids is 2. The molecule has 2 fully saturated rings. The van der Waals surface area contributed by atoms with E-state index in [1.807, 2.05) is 32.5 Å². The number of aryl methyl sites for hydroxylation is 2. The van der Waals surface area contributed by atoms with Gasteiger partial charge in [-0.2, -0.15) is 5.10 Å². The predicted octanol–water partition coefficient (Wildman–Crippen LogP) is 1.67. The second-order valence-corrected chi connectivity index (χ2v) is 8.21. The van der Waals surface area contributed by atoms with Crippen LogP contribution in [0.15, 0.2) is 0 Å². The van der Waals surface area contributed by atoms with E-state index in [1.165, 1.54) is 0 Å². The number of fused-ring (bicyclic) bond motifs is 1. The van der Waals surface area contributed by atoms with Crippen molar-refractivity contribution in [2.24, 2.45) is 7.05 Å². The van der Waals surface area contributed by atoms with Crippen molar-refractivity contribution in [1.82, 2.24) is 20.0 Å². The van der Waals surface area contributed by atoms with Crippen molar-refractivity contribution < 1.29 is 9.59 Å². The van der Waals surface area contributed by atoms with Crippen LogP contribution in [0.5, 0.6) is 0 Å². The minimum atomic E-state index is -0.361. The van der Waals surface area contributed by atoms with E-state index in [2.05, 4.69) is 17.3 Å². The van der Waals surface area contributed by atoms with Crippen LogP contribution in [0.25, 0.3) is 0 Å². The highest BCUT2D eigenvalue weighted by Crippen LogP contribution is 2.47. The Morgan fingerprint density at radius 2 is 2.17 bits per heavy atom. The first kappa shape index (κ1) is 16.4. The summed E-state index contributed by atoms with van der Waals surface area (Å²) >= 11 is 1.72. The van der Waals surface area contributed by atoms with E-state index < -0.39 is 0 Å². The molecule has 1 aromatic rings. The molecule has 0 saturated carbocycles. The Hall–Kier alpha value is -1.50. The van der Waals surface area contributed by atoms with Gasteiger partial charge in [0.05, 0.1) is 16.6 Å². The molecule has 1 aromatic heterocycles. The van der Waals surface area contributed by atoms with Gasteiger partial charge < -0.3 is 10.2 Å². The van der Waals surface area contributed by atoms with Gasteiger partial charge in [0.25, 0.3) is 0 Å². The van der Waals surface area contributed by atoms with Crippen LogP contribution in [0, 0.1) is 13.8 Å². The summed E-state index contributed by atoms with van der Waals surface area (Å²) in [5.41, 5.74) is 3.04. The first-order chi connectivity index (χ1) is 10.7. The van der Waals surface area contributed by atoms with Crippen LogP contribution in [-0.2, 0) is 16.6 Å². The third-order valence-corrected chi connectivity index (χ3v) is 6.61. The number of nitrogens with zero attached hydrogens (tertiary/aromatic N) is 3. The highest BCUT2D eigenvalue weighted by molar-refractivity contribution is 8.01. The van der Waals surface area contributed by atoms with Gasteiger partial charge in [0.1, 0.15) is 6.04 Å². The summed E-state index contributed by atoms with van der Waals surface area (Å²) in [6.07, 6.45) is 1.38. The van der Waals surface area contributed by atoms with Gasteiger partial charge >= 0.3 is 0 Å². The fourth-order valence-electron chi connectivity index (χ4n) is 3.81. The molecule has 0 bridgehead atoms. The number of carbonyl (C=O) groups is 2. The van der Waals surface area contributed by atoms with Crippen LogP contribution in [-0.4, -0.2) is 43.2 Å². The molecule has 0 aromatic carbocycles. The van der Waals surface area contributed by atoms with E-state index in [-0.39, 0.29) is 28.8 Å². The Morgan fingerprint density at radius 3 is 2.78 bits per heavy atom. The zero-order valence-corrected chi connectivity index (χ0v) is 15.2. The molecule has 126 valence electrons. The maximum absolute atomic E-state index is 12.7. The number of aromatic nitrogens is 2. The Kier molecular flexibility index (Phi) is 3.94. The summed E-state index contributed by atoms with van der Waals surface area (Å²) in [5.74, 6) is 0.705. The van der Waals surface area contributed by atoms with Crippen LogP contribution < -0.4 is 5.32 Å². The molecule has 3 heterocycles. The zero-order chi connectivity index (χ0) is 16.9. The first-order valence-electron chi connectivity index (χ1n) is 8.01. The number of rotatable bonds is 3. The van der Waals surface area contributed by atoms with Gasteiger partial charge in [0.2, 0.25) is 11.8 Å². The van der Waals surface area contributed by atoms with Crippen LogP contribution in [0.3, 0.4) is 0 Å². The van der Waals surface area contributed by atoms with Gasteiger partial charge in [-0.25, -0.2) is 0 Å². The summed E-state index contributed by atoms with van der Waals surface area (Å²) in [7, 11) is 1.91. The third-order valence-electron chi connectivity index (χ3n) is 5.10. The molecule has 2 saturated heterocycles. The smallest absolute Gasteiger partial charge is 0.244 e. The zero-order valence-electron chi connectivity index (χ0n) is 14.3. The average molecular weight is 336 g/mol. The minimum absolute atomic E-state index is 0.0633. The van der Waals surface area contributed by atoms with Gasteiger partial charge in [0, 0.05) is 30.5 Å². The fourth-order valence-corrected chi connectivity index (χ4v) is 5.24. The molecule has 3 rings (SSSR count). The molecular formula is C16H24N4O2S. The van der Waals surface area contributed by atoms with Crippen LogP contribution in [0.1, 0.15) is 49.7 Å². The molecule has 2 amide bonds. The van der Waals surface area contributed by atoms with Gasteiger partial charge in [-0.3, -0.25) is 14.3 Å². The molecule has 6 nitrogen and oxygen atoms in total. The van der Waals surface area contributed by atoms with Gasteiger partial charge in [-0.15, -0.1) is 11.8 Å².